The van der Waals surface area contributed by atoms with Crippen molar-refractivity contribution in [3.05, 3.63) is 41.0 Å². The summed E-state index contributed by atoms with van der Waals surface area (Å²) in [5.41, 5.74) is 1.76. The third-order valence-corrected chi connectivity index (χ3v) is 3.25. The quantitative estimate of drug-likeness (QED) is 0.760. The topological polar surface area (TPSA) is 86.9 Å². The molecule has 1 heterocycles. The van der Waals surface area contributed by atoms with Crippen molar-refractivity contribution in [3.8, 4) is 11.3 Å². The van der Waals surface area contributed by atoms with Gasteiger partial charge < -0.3 is 10.6 Å². The Hall–Kier alpha value is -2.34. The lowest BCUT2D eigenvalue weighted by molar-refractivity contribution is -0.120. The lowest BCUT2D eigenvalue weighted by atomic mass is 10.1. The molecule has 0 saturated heterocycles. The van der Waals surface area contributed by atoms with Gasteiger partial charge in [-0.2, -0.15) is 5.10 Å². The number of aromatic nitrogens is 2. The lowest BCUT2D eigenvalue weighted by Gasteiger charge is -2.06. The van der Waals surface area contributed by atoms with Gasteiger partial charge in [0.25, 0.3) is 5.91 Å². The molecule has 0 aliphatic heterocycles. The summed E-state index contributed by atoms with van der Waals surface area (Å²) >= 11 is 5.85. The van der Waals surface area contributed by atoms with Gasteiger partial charge in [0.1, 0.15) is 0 Å². The molecule has 0 atom stereocenters. The van der Waals surface area contributed by atoms with Crippen molar-refractivity contribution in [2.45, 2.75) is 13.3 Å². The largest absolute Gasteiger partial charge is 0.355 e. The number of hydrogen-bond donors (Lipinski definition) is 3. The number of halogens is 1. The monoisotopic (exact) mass is 320 g/mol. The summed E-state index contributed by atoms with van der Waals surface area (Å²) in [6, 6.07) is 7.05. The number of hydrogen-bond acceptors (Lipinski definition) is 3. The molecular formula is C15H17ClN4O2. The van der Waals surface area contributed by atoms with Crippen LogP contribution in [0, 0.1) is 0 Å². The molecule has 0 aliphatic carbocycles. The summed E-state index contributed by atoms with van der Waals surface area (Å²) in [5, 5.41) is 12.6. The lowest BCUT2D eigenvalue weighted by Crippen LogP contribution is -2.37. The molecule has 1 aromatic carbocycles. The number of H-pyrrole nitrogens is 1. The fourth-order valence-electron chi connectivity index (χ4n) is 1.88. The molecule has 0 bridgehead atoms. The second kappa shape index (κ2) is 7.61. The average molecular weight is 321 g/mol. The van der Waals surface area contributed by atoms with Crippen LogP contribution in [0.15, 0.2) is 30.5 Å². The summed E-state index contributed by atoms with van der Waals surface area (Å²) in [7, 11) is 0. The Labute approximate surface area is 133 Å². The van der Waals surface area contributed by atoms with Crippen LogP contribution < -0.4 is 10.6 Å². The summed E-state index contributed by atoms with van der Waals surface area (Å²) in [5.74, 6) is -0.572. The van der Waals surface area contributed by atoms with E-state index >= 15 is 0 Å². The zero-order chi connectivity index (χ0) is 15.9. The van der Waals surface area contributed by atoms with Crippen LogP contribution in [0.1, 0.15) is 23.7 Å². The maximum absolute atomic E-state index is 12.2. The van der Waals surface area contributed by atoms with Crippen molar-refractivity contribution in [1.82, 2.24) is 20.8 Å². The van der Waals surface area contributed by atoms with Gasteiger partial charge in [-0.1, -0.05) is 30.7 Å². The Balaban J connectivity index is 2.04. The van der Waals surface area contributed by atoms with Crippen molar-refractivity contribution in [1.29, 1.82) is 0 Å². The molecule has 7 heteroatoms. The Bertz CT molecular complexity index is 652. The predicted molar refractivity (Wildman–Crippen MR) is 84.7 cm³/mol. The van der Waals surface area contributed by atoms with Crippen molar-refractivity contribution in [2.75, 3.05) is 13.1 Å². The highest BCUT2D eigenvalue weighted by molar-refractivity contribution is 6.30. The Kier molecular flexibility index (Phi) is 5.55. The highest BCUT2D eigenvalue weighted by atomic mass is 35.5. The third kappa shape index (κ3) is 4.08. The Morgan fingerprint density at radius 1 is 1.23 bits per heavy atom. The molecule has 1 aromatic heterocycles. The molecule has 2 rings (SSSR count). The molecule has 0 fully saturated rings. The van der Waals surface area contributed by atoms with Gasteiger partial charge in [0.05, 0.1) is 24.0 Å². The van der Waals surface area contributed by atoms with Crippen LogP contribution in [-0.2, 0) is 4.79 Å². The molecule has 0 spiro atoms. The van der Waals surface area contributed by atoms with Gasteiger partial charge in [-0.15, -0.1) is 0 Å². The normalized spacial score (nSPS) is 10.3. The smallest absolute Gasteiger partial charge is 0.255 e. The minimum atomic E-state index is -0.356. The van der Waals surface area contributed by atoms with E-state index in [4.69, 9.17) is 11.6 Å². The van der Waals surface area contributed by atoms with E-state index < -0.39 is 0 Å². The molecule has 0 unspecified atom stereocenters. The van der Waals surface area contributed by atoms with Gasteiger partial charge in [0.2, 0.25) is 5.91 Å². The Morgan fingerprint density at radius 2 is 1.95 bits per heavy atom. The second-order valence-electron chi connectivity index (χ2n) is 4.70. The van der Waals surface area contributed by atoms with Gasteiger partial charge >= 0.3 is 0 Å². The van der Waals surface area contributed by atoms with Crippen LogP contribution in [0.25, 0.3) is 11.3 Å². The van der Waals surface area contributed by atoms with Crippen LogP contribution in [-0.4, -0.2) is 35.1 Å². The van der Waals surface area contributed by atoms with Crippen molar-refractivity contribution in [2.24, 2.45) is 0 Å². The van der Waals surface area contributed by atoms with E-state index in [2.05, 4.69) is 20.8 Å². The van der Waals surface area contributed by atoms with Gasteiger partial charge in [0, 0.05) is 17.1 Å². The Morgan fingerprint density at radius 3 is 2.64 bits per heavy atom. The maximum atomic E-state index is 12.2. The zero-order valence-electron chi connectivity index (χ0n) is 12.1. The molecule has 2 aromatic rings. The van der Waals surface area contributed by atoms with E-state index in [1.165, 1.54) is 6.20 Å². The number of carbonyl (C=O) groups is 2. The van der Waals surface area contributed by atoms with E-state index in [9.17, 15) is 9.59 Å². The average Bonchev–Trinajstić information content (AvgIpc) is 3.01. The van der Waals surface area contributed by atoms with Crippen LogP contribution in [0.3, 0.4) is 0 Å². The number of nitrogens with one attached hydrogen (secondary N) is 3. The number of amides is 2. The SMILES string of the molecule is CCCNC(=O)CNC(=O)c1cn[nH]c1-c1ccc(Cl)cc1. The molecule has 22 heavy (non-hydrogen) atoms. The first kappa shape index (κ1) is 16.0. The second-order valence-corrected chi connectivity index (χ2v) is 5.13. The van der Waals surface area contributed by atoms with Crippen LogP contribution >= 0.6 is 11.6 Å². The highest BCUT2D eigenvalue weighted by Crippen LogP contribution is 2.22. The molecule has 0 radical (unpaired) electrons. The van der Waals surface area contributed by atoms with Crippen LogP contribution in [0.5, 0.6) is 0 Å². The van der Waals surface area contributed by atoms with E-state index in [1.807, 2.05) is 6.92 Å². The standard InChI is InChI=1S/C15H17ClN4O2/c1-2-7-17-13(21)9-18-15(22)12-8-19-20-14(12)10-3-5-11(16)6-4-10/h3-6,8H,2,7,9H2,1H3,(H,17,21)(H,18,22)(H,19,20). The first-order valence-corrected chi connectivity index (χ1v) is 7.33. The molecule has 2 amide bonds. The third-order valence-electron chi connectivity index (χ3n) is 3.00. The molecule has 0 saturated carbocycles. The molecule has 3 N–H and O–H groups in total. The first-order valence-electron chi connectivity index (χ1n) is 6.96. The number of aromatic amines is 1. The summed E-state index contributed by atoms with van der Waals surface area (Å²) in [6.45, 7) is 2.49. The van der Waals surface area contributed by atoms with Crippen molar-refractivity contribution in [3.63, 3.8) is 0 Å². The number of carbonyl (C=O) groups excluding carboxylic acids is 2. The van der Waals surface area contributed by atoms with Gasteiger partial charge in [-0.25, -0.2) is 0 Å². The van der Waals surface area contributed by atoms with Crippen LogP contribution in [0.4, 0.5) is 0 Å². The number of nitrogens with zero attached hydrogens (tertiary/aromatic N) is 1. The molecular weight excluding hydrogens is 304 g/mol. The van der Waals surface area contributed by atoms with Gasteiger partial charge in [-0.3, -0.25) is 14.7 Å². The van der Waals surface area contributed by atoms with E-state index in [0.29, 0.717) is 22.8 Å². The maximum Gasteiger partial charge on any atom is 0.255 e. The zero-order valence-corrected chi connectivity index (χ0v) is 12.9. The predicted octanol–water partition coefficient (Wildman–Crippen LogP) is 1.99. The van der Waals surface area contributed by atoms with Crippen molar-refractivity contribution < 1.29 is 9.59 Å². The summed E-state index contributed by atoms with van der Waals surface area (Å²) in [4.78, 5) is 23.7. The van der Waals surface area contributed by atoms with E-state index in [-0.39, 0.29) is 18.4 Å². The molecule has 116 valence electrons. The van der Waals surface area contributed by atoms with Crippen LogP contribution in [0.2, 0.25) is 5.02 Å². The first-order chi connectivity index (χ1) is 10.6. The molecule has 0 aliphatic rings. The fourth-order valence-corrected chi connectivity index (χ4v) is 2.00. The van der Waals surface area contributed by atoms with Gasteiger partial charge in [-0.05, 0) is 18.6 Å². The van der Waals surface area contributed by atoms with Gasteiger partial charge in [0.15, 0.2) is 0 Å². The van der Waals surface area contributed by atoms with E-state index in [0.717, 1.165) is 12.0 Å². The molecule has 6 nitrogen and oxygen atoms in total. The number of rotatable bonds is 6. The minimum Gasteiger partial charge on any atom is -0.355 e. The minimum absolute atomic E-state index is 0.0654. The number of benzene rings is 1. The summed E-state index contributed by atoms with van der Waals surface area (Å²) < 4.78 is 0. The highest BCUT2D eigenvalue weighted by Gasteiger charge is 2.15. The summed E-state index contributed by atoms with van der Waals surface area (Å²) in [6.07, 6.45) is 2.28. The fraction of sp³-hybridized carbons (Fsp3) is 0.267. The van der Waals surface area contributed by atoms with Crippen molar-refractivity contribution >= 4 is 23.4 Å². The van der Waals surface area contributed by atoms with E-state index in [1.54, 1.807) is 24.3 Å².